The highest BCUT2D eigenvalue weighted by atomic mass is 16.3. The van der Waals surface area contributed by atoms with E-state index in [1.807, 2.05) is 6.92 Å². The van der Waals surface area contributed by atoms with Crippen molar-refractivity contribution in [2.45, 2.75) is 25.9 Å². The van der Waals surface area contributed by atoms with E-state index >= 15 is 0 Å². The molecule has 0 aliphatic rings. The SMILES string of the molecule is CCC(O)CCNC(=O)c1cc(O)cc(O)c1. The number of phenolic OH excluding ortho intramolecular Hbond substituents is 2. The van der Waals surface area contributed by atoms with E-state index in [4.69, 9.17) is 0 Å². The molecule has 1 atom stereocenters. The third kappa shape index (κ3) is 4.32. The molecule has 17 heavy (non-hydrogen) atoms. The molecule has 1 aromatic rings. The first-order valence-corrected chi connectivity index (χ1v) is 5.52. The highest BCUT2D eigenvalue weighted by molar-refractivity contribution is 5.95. The van der Waals surface area contributed by atoms with Gasteiger partial charge in [-0.1, -0.05) is 6.92 Å². The monoisotopic (exact) mass is 239 g/mol. The third-order valence-electron chi connectivity index (χ3n) is 2.40. The molecule has 0 radical (unpaired) electrons. The molecule has 4 N–H and O–H groups in total. The lowest BCUT2D eigenvalue weighted by atomic mass is 10.1. The molecule has 5 nitrogen and oxygen atoms in total. The average molecular weight is 239 g/mol. The fourth-order valence-corrected chi connectivity index (χ4v) is 1.38. The highest BCUT2D eigenvalue weighted by Crippen LogP contribution is 2.20. The quantitative estimate of drug-likeness (QED) is 0.616. The van der Waals surface area contributed by atoms with E-state index in [9.17, 15) is 20.1 Å². The number of carbonyl (C=O) groups excluding carboxylic acids is 1. The van der Waals surface area contributed by atoms with Crippen LogP contribution in [0.4, 0.5) is 0 Å². The van der Waals surface area contributed by atoms with Crippen LogP contribution in [0, 0.1) is 0 Å². The number of hydrogen-bond acceptors (Lipinski definition) is 4. The molecule has 0 spiro atoms. The van der Waals surface area contributed by atoms with Crippen LogP contribution in [0.3, 0.4) is 0 Å². The Hall–Kier alpha value is -1.75. The van der Waals surface area contributed by atoms with Crippen molar-refractivity contribution in [1.29, 1.82) is 0 Å². The van der Waals surface area contributed by atoms with Crippen molar-refractivity contribution in [3.63, 3.8) is 0 Å². The summed E-state index contributed by atoms with van der Waals surface area (Å²) in [6, 6.07) is 3.69. The molecule has 0 bridgehead atoms. The minimum absolute atomic E-state index is 0.163. The van der Waals surface area contributed by atoms with Crippen LogP contribution in [0.1, 0.15) is 30.1 Å². The van der Waals surface area contributed by atoms with Crippen molar-refractivity contribution in [2.75, 3.05) is 6.54 Å². The van der Waals surface area contributed by atoms with Crippen LogP contribution in [-0.4, -0.2) is 33.9 Å². The number of rotatable bonds is 5. The largest absolute Gasteiger partial charge is 0.508 e. The third-order valence-corrected chi connectivity index (χ3v) is 2.40. The topological polar surface area (TPSA) is 89.8 Å². The zero-order valence-electron chi connectivity index (χ0n) is 9.68. The molecule has 0 saturated carbocycles. The summed E-state index contributed by atoms with van der Waals surface area (Å²) in [5.41, 5.74) is 0.188. The van der Waals surface area contributed by atoms with E-state index in [-0.39, 0.29) is 23.0 Å². The first-order chi connectivity index (χ1) is 8.02. The van der Waals surface area contributed by atoms with Crippen molar-refractivity contribution >= 4 is 5.91 Å². The fourth-order valence-electron chi connectivity index (χ4n) is 1.38. The predicted octanol–water partition coefficient (Wildman–Crippen LogP) is 0.989. The lowest BCUT2D eigenvalue weighted by Crippen LogP contribution is -2.26. The second-order valence-corrected chi connectivity index (χ2v) is 3.84. The minimum Gasteiger partial charge on any atom is -0.508 e. The number of benzene rings is 1. The van der Waals surface area contributed by atoms with Crippen LogP contribution in [0.25, 0.3) is 0 Å². The number of aliphatic hydroxyl groups excluding tert-OH is 1. The standard InChI is InChI=1S/C12H17NO4/c1-2-9(14)3-4-13-12(17)8-5-10(15)7-11(16)6-8/h5-7,9,14-16H,2-4H2,1H3,(H,13,17). The van der Waals surface area contributed by atoms with E-state index in [1.165, 1.54) is 12.1 Å². The van der Waals surface area contributed by atoms with Crippen LogP contribution in [-0.2, 0) is 0 Å². The molecule has 0 saturated heterocycles. The summed E-state index contributed by atoms with van der Waals surface area (Å²) in [5, 5.41) is 30.3. The molecule has 0 aliphatic carbocycles. The second kappa shape index (κ2) is 6.10. The molecular weight excluding hydrogens is 222 g/mol. The molecule has 1 amide bonds. The highest BCUT2D eigenvalue weighted by Gasteiger charge is 2.08. The van der Waals surface area contributed by atoms with Crippen molar-refractivity contribution in [3.05, 3.63) is 23.8 Å². The smallest absolute Gasteiger partial charge is 0.251 e. The van der Waals surface area contributed by atoms with Gasteiger partial charge in [0, 0.05) is 18.2 Å². The van der Waals surface area contributed by atoms with Gasteiger partial charge in [-0.2, -0.15) is 0 Å². The maximum atomic E-state index is 11.6. The number of carbonyl (C=O) groups is 1. The first-order valence-electron chi connectivity index (χ1n) is 5.52. The summed E-state index contributed by atoms with van der Waals surface area (Å²) in [6.07, 6.45) is 0.698. The number of aromatic hydroxyl groups is 2. The predicted molar refractivity (Wildman–Crippen MR) is 63.0 cm³/mol. The zero-order valence-corrected chi connectivity index (χ0v) is 9.68. The van der Waals surface area contributed by atoms with Crippen LogP contribution in [0.5, 0.6) is 11.5 Å². The molecule has 0 aromatic heterocycles. The Morgan fingerprint density at radius 1 is 1.29 bits per heavy atom. The normalized spacial score (nSPS) is 12.1. The summed E-state index contributed by atoms with van der Waals surface area (Å²) >= 11 is 0. The van der Waals surface area contributed by atoms with E-state index in [1.54, 1.807) is 0 Å². The van der Waals surface area contributed by atoms with Gasteiger partial charge in [-0.3, -0.25) is 4.79 Å². The van der Waals surface area contributed by atoms with E-state index in [0.29, 0.717) is 19.4 Å². The average Bonchev–Trinajstić information content (AvgIpc) is 2.27. The Morgan fingerprint density at radius 2 is 1.88 bits per heavy atom. The Kier molecular flexibility index (Phi) is 4.78. The summed E-state index contributed by atoms with van der Waals surface area (Å²) in [6.45, 7) is 2.21. The molecule has 0 aliphatic heterocycles. The van der Waals surface area contributed by atoms with E-state index in [2.05, 4.69) is 5.32 Å². The van der Waals surface area contributed by atoms with Gasteiger partial charge >= 0.3 is 0 Å². The zero-order chi connectivity index (χ0) is 12.8. The molecule has 0 fully saturated rings. The lowest BCUT2D eigenvalue weighted by molar-refractivity contribution is 0.0941. The molecule has 5 heteroatoms. The van der Waals surface area contributed by atoms with Gasteiger partial charge in [0.1, 0.15) is 11.5 Å². The molecular formula is C12H17NO4. The molecule has 1 aromatic carbocycles. The number of nitrogens with one attached hydrogen (secondary N) is 1. The maximum Gasteiger partial charge on any atom is 0.251 e. The molecule has 0 heterocycles. The Bertz CT molecular complexity index is 372. The number of aliphatic hydroxyl groups is 1. The summed E-state index contributed by atoms with van der Waals surface area (Å²) < 4.78 is 0. The summed E-state index contributed by atoms with van der Waals surface area (Å²) in [4.78, 5) is 11.6. The van der Waals surface area contributed by atoms with Crippen LogP contribution in [0.15, 0.2) is 18.2 Å². The lowest BCUT2D eigenvalue weighted by Gasteiger charge is -2.09. The second-order valence-electron chi connectivity index (χ2n) is 3.84. The molecule has 1 rings (SSSR count). The van der Waals surface area contributed by atoms with Gasteiger partial charge in [0.25, 0.3) is 5.91 Å². The maximum absolute atomic E-state index is 11.6. The van der Waals surface area contributed by atoms with E-state index in [0.717, 1.165) is 6.07 Å². The van der Waals surface area contributed by atoms with Gasteiger partial charge < -0.3 is 20.6 Å². The minimum atomic E-state index is -0.423. The van der Waals surface area contributed by atoms with Crippen LogP contribution < -0.4 is 5.32 Å². The van der Waals surface area contributed by atoms with Crippen molar-refractivity contribution in [3.8, 4) is 11.5 Å². The van der Waals surface area contributed by atoms with Crippen molar-refractivity contribution < 1.29 is 20.1 Å². The van der Waals surface area contributed by atoms with Crippen molar-refractivity contribution in [1.82, 2.24) is 5.32 Å². The Labute approximate surface area is 99.7 Å². The first kappa shape index (κ1) is 13.3. The number of hydrogen-bond donors (Lipinski definition) is 4. The van der Waals surface area contributed by atoms with Crippen LogP contribution in [0.2, 0.25) is 0 Å². The Morgan fingerprint density at radius 3 is 2.41 bits per heavy atom. The summed E-state index contributed by atoms with van der Waals surface area (Å²) in [7, 11) is 0. The van der Waals surface area contributed by atoms with Crippen molar-refractivity contribution in [2.24, 2.45) is 0 Å². The van der Waals surface area contributed by atoms with Gasteiger partial charge in [0.15, 0.2) is 0 Å². The van der Waals surface area contributed by atoms with Gasteiger partial charge in [-0.25, -0.2) is 0 Å². The van der Waals surface area contributed by atoms with Gasteiger partial charge in [0.2, 0.25) is 0 Å². The summed E-state index contributed by atoms with van der Waals surface area (Å²) in [5.74, 6) is -0.716. The van der Waals surface area contributed by atoms with Gasteiger partial charge in [-0.05, 0) is 25.0 Å². The molecule has 94 valence electrons. The van der Waals surface area contributed by atoms with Crippen LogP contribution >= 0.6 is 0 Å². The molecule has 1 unspecified atom stereocenters. The van der Waals surface area contributed by atoms with Gasteiger partial charge in [-0.15, -0.1) is 0 Å². The number of amides is 1. The number of phenols is 2. The van der Waals surface area contributed by atoms with Gasteiger partial charge in [0.05, 0.1) is 6.10 Å². The van der Waals surface area contributed by atoms with E-state index < -0.39 is 6.10 Å². The Balaban J connectivity index is 2.52. The fraction of sp³-hybridized carbons (Fsp3) is 0.417.